The van der Waals surface area contributed by atoms with E-state index in [0.717, 1.165) is 0 Å². The van der Waals surface area contributed by atoms with Crippen molar-refractivity contribution in [3.63, 3.8) is 0 Å². The van der Waals surface area contributed by atoms with Gasteiger partial charge in [0.1, 0.15) is 0 Å². The maximum atomic E-state index is 11.3. The van der Waals surface area contributed by atoms with Crippen LogP contribution >= 0.6 is 11.6 Å². The molecule has 1 rings (SSSR count). The van der Waals surface area contributed by atoms with Crippen LogP contribution in [0.5, 0.6) is 0 Å². The minimum Gasteiger partial charge on any atom is -0.462 e. The Bertz CT molecular complexity index is 421. The second-order valence-electron chi connectivity index (χ2n) is 2.96. The first-order valence-corrected chi connectivity index (χ1v) is 5.02. The molecule has 1 aromatic rings. The number of rotatable bonds is 3. The van der Waals surface area contributed by atoms with Crippen LogP contribution < -0.4 is 5.32 Å². The van der Waals surface area contributed by atoms with Crippen molar-refractivity contribution in [3.8, 4) is 0 Å². The van der Waals surface area contributed by atoms with E-state index < -0.39 is 5.97 Å². The molecule has 0 fully saturated rings. The van der Waals surface area contributed by atoms with Gasteiger partial charge in [-0.2, -0.15) is 0 Å². The van der Waals surface area contributed by atoms with Gasteiger partial charge in [-0.3, -0.25) is 4.79 Å². The summed E-state index contributed by atoms with van der Waals surface area (Å²) < 4.78 is 4.78. The smallest absolute Gasteiger partial charge is 0.339 e. The number of amides is 1. The van der Waals surface area contributed by atoms with Gasteiger partial charge in [0.2, 0.25) is 5.91 Å². The SMILES string of the molecule is CCOC(=O)c1cnc(NC(C)=O)c(Cl)c1. The predicted octanol–water partition coefficient (Wildman–Crippen LogP) is 1.87. The van der Waals surface area contributed by atoms with Gasteiger partial charge in [-0.25, -0.2) is 9.78 Å². The Hall–Kier alpha value is -1.62. The van der Waals surface area contributed by atoms with E-state index in [2.05, 4.69) is 10.3 Å². The maximum absolute atomic E-state index is 11.3. The second-order valence-corrected chi connectivity index (χ2v) is 3.36. The van der Waals surface area contributed by atoms with Crippen molar-refractivity contribution in [1.82, 2.24) is 4.98 Å². The lowest BCUT2D eigenvalue weighted by atomic mass is 10.3. The molecule has 6 heteroatoms. The molecule has 0 saturated heterocycles. The van der Waals surface area contributed by atoms with Gasteiger partial charge in [-0.05, 0) is 13.0 Å². The minimum atomic E-state index is -0.494. The fourth-order valence-corrected chi connectivity index (χ4v) is 1.24. The first kappa shape index (κ1) is 12.4. The summed E-state index contributed by atoms with van der Waals surface area (Å²) in [6.07, 6.45) is 1.30. The highest BCUT2D eigenvalue weighted by Gasteiger charge is 2.11. The summed E-state index contributed by atoms with van der Waals surface area (Å²) in [5.74, 6) is -0.549. The zero-order chi connectivity index (χ0) is 12.1. The number of aromatic nitrogens is 1. The number of hydrogen-bond acceptors (Lipinski definition) is 4. The van der Waals surface area contributed by atoms with E-state index in [1.807, 2.05) is 0 Å². The Balaban J connectivity index is 2.90. The summed E-state index contributed by atoms with van der Waals surface area (Å²) in [7, 11) is 0. The Morgan fingerprint density at radius 3 is 2.75 bits per heavy atom. The molecule has 0 aliphatic rings. The Labute approximate surface area is 97.8 Å². The molecule has 0 radical (unpaired) electrons. The van der Waals surface area contributed by atoms with Crippen molar-refractivity contribution in [2.24, 2.45) is 0 Å². The average Bonchev–Trinajstić information content (AvgIpc) is 2.20. The molecule has 0 aliphatic heterocycles. The number of halogens is 1. The quantitative estimate of drug-likeness (QED) is 0.822. The molecule has 1 N–H and O–H groups in total. The Morgan fingerprint density at radius 2 is 2.25 bits per heavy atom. The van der Waals surface area contributed by atoms with E-state index in [-0.39, 0.29) is 28.9 Å². The van der Waals surface area contributed by atoms with Crippen LogP contribution in [-0.4, -0.2) is 23.5 Å². The van der Waals surface area contributed by atoms with Crippen LogP contribution in [0.2, 0.25) is 5.02 Å². The summed E-state index contributed by atoms with van der Waals surface area (Å²) in [6, 6.07) is 1.40. The zero-order valence-corrected chi connectivity index (χ0v) is 9.67. The number of esters is 1. The van der Waals surface area contributed by atoms with E-state index >= 15 is 0 Å². The largest absolute Gasteiger partial charge is 0.462 e. The first-order chi connectivity index (χ1) is 7.54. The van der Waals surface area contributed by atoms with Gasteiger partial charge in [-0.15, -0.1) is 0 Å². The summed E-state index contributed by atoms with van der Waals surface area (Å²) in [6.45, 7) is 3.33. The predicted molar refractivity (Wildman–Crippen MR) is 59.5 cm³/mol. The lowest BCUT2D eigenvalue weighted by Crippen LogP contribution is -2.10. The van der Waals surface area contributed by atoms with E-state index in [0.29, 0.717) is 0 Å². The van der Waals surface area contributed by atoms with E-state index in [1.54, 1.807) is 6.92 Å². The standard InChI is InChI=1S/C10H11ClN2O3/c1-3-16-10(15)7-4-8(11)9(12-5-7)13-6(2)14/h4-5H,3H2,1-2H3,(H,12,13,14). The Morgan fingerprint density at radius 1 is 1.56 bits per heavy atom. The molecule has 0 atom stereocenters. The third-order valence-electron chi connectivity index (χ3n) is 1.65. The number of hydrogen-bond donors (Lipinski definition) is 1. The number of nitrogens with one attached hydrogen (secondary N) is 1. The summed E-state index contributed by atoms with van der Waals surface area (Å²) in [4.78, 5) is 26.0. The number of anilines is 1. The summed E-state index contributed by atoms with van der Waals surface area (Å²) in [5, 5.41) is 2.63. The van der Waals surface area contributed by atoms with Gasteiger partial charge in [0.05, 0.1) is 17.2 Å². The van der Waals surface area contributed by atoms with Gasteiger partial charge in [-0.1, -0.05) is 11.6 Å². The average molecular weight is 243 g/mol. The zero-order valence-electron chi connectivity index (χ0n) is 8.91. The maximum Gasteiger partial charge on any atom is 0.339 e. The molecule has 16 heavy (non-hydrogen) atoms. The van der Waals surface area contributed by atoms with Crippen LogP contribution in [0.15, 0.2) is 12.3 Å². The molecule has 5 nitrogen and oxygen atoms in total. The van der Waals surface area contributed by atoms with Gasteiger partial charge < -0.3 is 10.1 Å². The van der Waals surface area contributed by atoms with Crippen LogP contribution in [0, 0.1) is 0 Å². The first-order valence-electron chi connectivity index (χ1n) is 4.64. The molecule has 0 unspecified atom stereocenters. The summed E-state index contributed by atoms with van der Waals surface area (Å²) >= 11 is 5.83. The third-order valence-corrected chi connectivity index (χ3v) is 1.93. The van der Waals surface area contributed by atoms with Crippen LogP contribution in [0.1, 0.15) is 24.2 Å². The van der Waals surface area contributed by atoms with Crippen molar-refractivity contribution in [2.75, 3.05) is 11.9 Å². The molecule has 0 saturated carbocycles. The number of carbonyl (C=O) groups is 2. The van der Waals surface area contributed by atoms with Gasteiger partial charge in [0, 0.05) is 13.1 Å². The molecule has 0 bridgehead atoms. The van der Waals surface area contributed by atoms with Crippen LogP contribution in [0.3, 0.4) is 0 Å². The lowest BCUT2D eigenvalue weighted by Gasteiger charge is -2.05. The van der Waals surface area contributed by atoms with Gasteiger partial charge >= 0.3 is 5.97 Å². The molecular weight excluding hydrogens is 232 g/mol. The molecule has 1 aromatic heterocycles. The number of nitrogens with zero attached hydrogens (tertiary/aromatic N) is 1. The van der Waals surface area contributed by atoms with Crippen molar-refractivity contribution in [2.45, 2.75) is 13.8 Å². The van der Waals surface area contributed by atoms with Crippen LogP contribution in [-0.2, 0) is 9.53 Å². The van der Waals surface area contributed by atoms with Crippen LogP contribution in [0.4, 0.5) is 5.82 Å². The fraction of sp³-hybridized carbons (Fsp3) is 0.300. The van der Waals surface area contributed by atoms with E-state index in [4.69, 9.17) is 16.3 Å². The lowest BCUT2D eigenvalue weighted by molar-refractivity contribution is -0.114. The molecule has 0 aliphatic carbocycles. The molecular formula is C10H11ClN2O3. The normalized spacial score (nSPS) is 9.69. The second kappa shape index (κ2) is 5.46. The molecule has 86 valence electrons. The highest BCUT2D eigenvalue weighted by atomic mass is 35.5. The molecule has 1 heterocycles. The monoisotopic (exact) mass is 242 g/mol. The summed E-state index contributed by atoms with van der Waals surface area (Å²) in [5.41, 5.74) is 0.251. The van der Waals surface area contributed by atoms with Crippen molar-refractivity contribution in [1.29, 1.82) is 0 Å². The molecule has 0 aromatic carbocycles. The third kappa shape index (κ3) is 3.20. The number of ether oxygens (including phenoxy) is 1. The van der Waals surface area contributed by atoms with E-state index in [9.17, 15) is 9.59 Å². The topological polar surface area (TPSA) is 68.3 Å². The van der Waals surface area contributed by atoms with Crippen molar-refractivity contribution >= 4 is 29.3 Å². The van der Waals surface area contributed by atoms with Crippen molar-refractivity contribution in [3.05, 3.63) is 22.8 Å². The highest BCUT2D eigenvalue weighted by molar-refractivity contribution is 6.33. The minimum absolute atomic E-state index is 0.195. The van der Waals surface area contributed by atoms with Crippen LogP contribution in [0.25, 0.3) is 0 Å². The van der Waals surface area contributed by atoms with Gasteiger partial charge in [0.25, 0.3) is 0 Å². The number of carbonyl (C=O) groups excluding carboxylic acids is 2. The molecule has 1 amide bonds. The highest BCUT2D eigenvalue weighted by Crippen LogP contribution is 2.20. The van der Waals surface area contributed by atoms with E-state index in [1.165, 1.54) is 19.2 Å². The Kier molecular flexibility index (Phi) is 4.25. The molecule has 0 spiro atoms. The van der Waals surface area contributed by atoms with Gasteiger partial charge in [0.15, 0.2) is 5.82 Å². The number of pyridine rings is 1. The van der Waals surface area contributed by atoms with Crippen molar-refractivity contribution < 1.29 is 14.3 Å². The fourth-order valence-electron chi connectivity index (χ4n) is 1.02.